The molecule has 1 aromatic heterocycles. The number of aromatic amines is 1. The zero-order chi connectivity index (χ0) is 16.3. The van der Waals surface area contributed by atoms with Crippen molar-refractivity contribution in [3.63, 3.8) is 0 Å². The van der Waals surface area contributed by atoms with Crippen LogP contribution in [0.4, 0.5) is 0 Å². The van der Waals surface area contributed by atoms with Gasteiger partial charge in [0.05, 0.1) is 6.21 Å². The number of carbonyl (C=O) groups is 1. The zero-order valence-corrected chi connectivity index (χ0v) is 11.4. The molecule has 4 N–H and O–H groups in total. The van der Waals surface area contributed by atoms with Gasteiger partial charge in [0.25, 0.3) is 11.5 Å². The van der Waals surface area contributed by atoms with Gasteiger partial charge in [-0.15, -0.1) is 0 Å². The van der Waals surface area contributed by atoms with Gasteiger partial charge < -0.3 is 15.2 Å². The molecule has 1 heterocycles. The van der Waals surface area contributed by atoms with Gasteiger partial charge in [0, 0.05) is 24.7 Å². The van der Waals surface area contributed by atoms with Gasteiger partial charge in [-0.25, -0.2) is 10.2 Å². The zero-order valence-electron chi connectivity index (χ0n) is 11.4. The van der Waals surface area contributed by atoms with E-state index in [1.165, 1.54) is 19.2 Å². The summed E-state index contributed by atoms with van der Waals surface area (Å²) in [6.07, 6.45) is 1.14. The van der Waals surface area contributed by atoms with E-state index in [2.05, 4.69) is 15.5 Å². The average Bonchev–Trinajstić information content (AvgIpc) is 2.46. The first-order valence-corrected chi connectivity index (χ1v) is 6.04. The van der Waals surface area contributed by atoms with E-state index in [0.29, 0.717) is 0 Å². The number of amides is 1. The van der Waals surface area contributed by atoms with Crippen molar-refractivity contribution in [2.24, 2.45) is 12.1 Å². The lowest BCUT2D eigenvalue weighted by Crippen LogP contribution is -2.35. The normalized spacial score (nSPS) is 10.8. The smallest absolute Gasteiger partial charge is 0.328 e. The van der Waals surface area contributed by atoms with E-state index in [1.54, 1.807) is 0 Å². The fourth-order valence-electron chi connectivity index (χ4n) is 1.54. The highest BCUT2D eigenvalue weighted by atomic mass is 16.3. The van der Waals surface area contributed by atoms with Crippen LogP contribution in [0, 0.1) is 0 Å². The molecule has 1 amide bonds. The standard InChI is InChI=1S/C13H12N4O5/c1-17-11(20)5-9(15-13(17)22)12(21)16-14-6-7-2-3-8(18)4-10(7)19/h2-6,18-19H,1H3,(H,15,22)(H,16,21). The first kappa shape index (κ1) is 15.0. The Bertz CT molecular complexity index is 834. The predicted molar refractivity (Wildman–Crippen MR) is 77.1 cm³/mol. The van der Waals surface area contributed by atoms with Gasteiger partial charge in [0.2, 0.25) is 0 Å². The number of H-pyrrole nitrogens is 1. The minimum absolute atomic E-state index is 0.114. The number of nitrogens with zero attached hydrogens (tertiary/aromatic N) is 2. The van der Waals surface area contributed by atoms with Crippen molar-refractivity contribution in [3.8, 4) is 11.5 Å². The highest BCUT2D eigenvalue weighted by Gasteiger charge is 2.08. The molecule has 0 saturated carbocycles. The number of aromatic nitrogens is 2. The summed E-state index contributed by atoms with van der Waals surface area (Å²) in [6, 6.07) is 4.80. The number of hydrogen-bond donors (Lipinski definition) is 4. The van der Waals surface area contributed by atoms with Crippen LogP contribution < -0.4 is 16.7 Å². The Kier molecular flexibility index (Phi) is 4.07. The predicted octanol–water partition coefficient (Wildman–Crippen LogP) is -0.751. The first-order valence-electron chi connectivity index (χ1n) is 6.04. The van der Waals surface area contributed by atoms with Crippen molar-refractivity contribution in [1.29, 1.82) is 0 Å². The third-order valence-corrected chi connectivity index (χ3v) is 2.77. The molecule has 0 saturated heterocycles. The van der Waals surface area contributed by atoms with E-state index in [-0.39, 0.29) is 22.8 Å². The third kappa shape index (κ3) is 3.20. The van der Waals surface area contributed by atoms with Crippen molar-refractivity contribution in [2.45, 2.75) is 0 Å². The van der Waals surface area contributed by atoms with Crippen LogP contribution >= 0.6 is 0 Å². The van der Waals surface area contributed by atoms with Gasteiger partial charge in [-0.1, -0.05) is 0 Å². The Morgan fingerprint density at radius 2 is 2.05 bits per heavy atom. The molecule has 0 fully saturated rings. The number of carbonyl (C=O) groups excluding carboxylic acids is 1. The summed E-state index contributed by atoms with van der Waals surface area (Å²) in [5, 5.41) is 22.2. The average molecular weight is 304 g/mol. The summed E-state index contributed by atoms with van der Waals surface area (Å²) in [7, 11) is 1.27. The van der Waals surface area contributed by atoms with Gasteiger partial charge in [0.1, 0.15) is 17.2 Å². The number of hydrogen-bond acceptors (Lipinski definition) is 6. The molecule has 0 atom stereocenters. The Morgan fingerprint density at radius 3 is 2.68 bits per heavy atom. The lowest BCUT2D eigenvalue weighted by molar-refractivity contribution is 0.0949. The van der Waals surface area contributed by atoms with E-state index in [4.69, 9.17) is 5.11 Å². The number of aromatic hydroxyl groups is 2. The maximum atomic E-state index is 11.7. The van der Waals surface area contributed by atoms with Crippen LogP contribution in [0.3, 0.4) is 0 Å². The topological polar surface area (TPSA) is 137 Å². The van der Waals surface area contributed by atoms with Gasteiger partial charge in [-0.05, 0) is 12.1 Å². The van der Waals surface area contributed by atoms with Crippen LogP contribution in [-0.4, -0.2) is 31.9 Å². The second-order valence-corrected chi connectivity index (χ2v) is 4.33. The van der Waals surface area contributed by atoms with Crippen molar-refractivity contribution in [2.75, 3.05) is 0 Å². The van der Waals surface area contributed by atoms with Crippen LogP contribution in [0.2, 0.25) is 0 Å². The fourth-order valence-corrected chi connectivity index (χ4v) is 1.54. The molecule has 114 valence electrons. The summed E-state index contributed by atoms with van der Waals surface area (Å²) >= 11 is 0. The van der Waals surface area contributed by atoms with E-state index in [1.807, 2.05) is 0 Å². The molecule has 0 bridgehead atoms. The second-order valence-electron chi connectivity index (χ2n) is 4.33. The second kappa shape index (κ2) is 5.95. The molecule has 0 spiro atoms. The minimum Gasteiger partial charge on any atom is -0.508 e. The van der Waals surface area contributed by atoms with E-state index in [9.17, 15) is 19.5 Å². The van der Waals surface area contributed by atoms with Gasteiger partial charge >= 0.3 is 5.69 Å². The molecule has 0 radical (unpaired) electrons. The number of rotatable bonds is 3. The molecule has 0 aliphatic carbocycles. The molecule has 9 nitrogen and oxygen atoms in total. The summed E-state index contributed by atoms with van der Waals surface area (Å²) in [6.45, 7) is 0. The van der Waals surface area contributed by atoms with Crippen LogP contribution in [0.15, 0.2) is 39.0 Å². The highest BCUT2D eigenvalue weighted by molar-refractivity contribution is 5.93. The molecule has 2 rings (SSSR count). The Morgan fingerprint density at radius 1 is 1.32 bits per heavy atom. The van der Waals surface area contributed by atoms with E-state index in [0.717, 1.165) is 22.9 Å². The van der Waals surface area contributed by atoms with E-state index < -0.39 is 17.2 Å². The molecule has 0 unspecified atom stereocenters. The highest BCUT2D eigenvalue weighted by Crippen LogP contribution is 2.20. The molecule has 22 heavy (non-hydrogen) atoms. The fraction of sp³-hybridized carbons (Fsp3) is 0.0769. The van der Waals surface area contributed by atoms with Gasteiger partial charge in [-0.2, -0.15) is 5.10 Å². The first-order chi connectivity index (χ1) is 10.4. The minimum atomic E-state index is -0.788. The number of nitrogens with one attached hydrogen (secondary N) is 2. The Hall–Kier alpha value is -3.36. The SMILES string of the molecule is Cn1c(=O)cc(C(=O)NN=Cc2ccc(O)cc2O)[nH]c1=O. The Balaban J connectivity index is 2.14. The summed E-state index contributed by atoms with van der Waals surface area (Å²) in [4.78, 5) is 36.7. The van der Waals surface area contributed by atoms with Crippen molar-refractivity contribution in [3.05, 3.63) is 56.4 Å². The number of benzene rings is 1. The third-order valence-electron chi connectivity index (χ3n) is 2.77. The monoisotopic (exact) mass is 304 g/mol. The van der Waals surface area contributed by atoms with Crippen molar-refractivity contribution < 1.29 is 15.0 Å². The molecule has 2 aromatic rings. The largest absolute Gasteiger partial charge is 0.508 e. The van der Waals surface area contributed by atoms with Crippen LogP contribution in [-0.2, 0) is 7.05 Å². The maximum absolute atomic E-state index is 11.7. The quantitative estimate of drug-likeness (QED) is 0.437. The van der Waals surface area contributed by atoms with Gasteiger partial charge in [0.15, 0.2) is 0 Å². The number of phenols is 2. The van der Waals surface area contributed by atoms with Crippen molar-refractivity contribution in [1.82, 2.24) is 15.0 Å². The summed E-state index contributed by atoms with van der Waals surface area (Å²) in [5.41, 5.74) is 0.771. The molecule has 9 heteroatoms. The number of phenolic OH excluding ortho intramolecular Hbond substituents is 2. The molecule has 1 aromatic carbocycles. The molecule has 0 aliphatic heterocycles. The number of hydrazone groups is 1. The molecular formula is C13H12N4O5. The lowest BCUT2D eigenvalue weighted by Gasteiger charge is -2.02. The van der Waals surface area contributed by atoms with Crippen molar-refractivity contribution >= 4 is 12.1 Å². The summed E-state index contributed by atoms with van der Waals surface area (Å²) in [5.74, 6) is -1.12. The van der Waals surface area contributed by atoms with Crippen LogP contribution in [0.1, 0.15) is 16.1 Å². The van der Waals surface area contributed by atoms with Crippen LogP contribution in [0.5, 0.6) is 11.5 Å². The summed E-state index contributed by atoms with van der Waals surface area (Å²) < 4.78 is 0.814. The lowest BCUT2D eigenvalue weighted by atomic mass is 10.2. The Labute approximate surface area is 123 Å². The van der Waals surface area contributed by atoms with Crippen LogP contribution in [0.25, 0.3) is 0 Å². The molecular weight excluding hydrogens is 292 g/mol. The van der Waals surface area contributed by atoms with Gasteiger partial charge in [-0.3, -0.25) is 14.2 Å². The maximum Gasteiger partial charge on any atom is 0.328 e. The molecule has 0 aliphatic rings. The van der Waals surface area contributed by atoms with E-state index >= 15 is 0 Å².